The SMILES string of the molecule is CCCCC/C=C\C/C=C\CCCCCCCCC1(CCCCCCCC/C=C\C/C=C\CCCCC)OC[C@H](CN(CCCCCC(=O)NCCOCCOCCO[C@H]2OC(CO)[C@@H](O)[C@H](O)C2O)CCCCCC(=O)NCCOCCOCCO[C@H]2OC(CO)[C@@H](O)[C@H](O)C2O)O1. The van der Waals surface area contributed by atoms with Crippen LogP contribution in [0.25, 0.3) is 0 Å². The Morgan fingerprint density at radius 2 is 0.798 bits per heavy atom. The van der Waals surface area contributed by atoms with Crippen molar-refractivity contribution in [2.45, 2.75) is 305 Å². The van der Waals surface area contributed by atoms with E-state index in [1.54, 1.807) is 0 Å². The highest BCUT2D eigenvalue weighted by Crippen LogP contribution is 2.35. The molecule has 3 saturated heterocycles. The maximum Gasteiger partial charge on any atom is 0.220 e. The zero-order chi connectivity index (χ0) is 71.5. The second kappa shape index (κ2) is 61.4. The molecule has 3 heterocycles. The first-order chi connectivity index (χ1) is 48.4. The van der Waals surface area contributed by atoms with Crippen molar-refractivity contribution in [1.29, 1.82) is 0 Å². The number of amides is 2. The molecule has 23 nitrogen and oxygen atoms in total. The standard InChI is InChI=1S/C76H139N3O20/c1-3-5-7-9-11-13-15-17-19-21-23-25-27-29-31-37-43-76(44-38-32-30-28-26-24-22-20-18-16-14-12-10-8-6-4-2)96-62-63(99-76)59-79(47-39-33-35-41-66(82)77-45-49-90-51-53-92-55-57-94-74-72(88)70(86)68(84)64(60-80)97-74)48-40-34-36-42-67(83)78-46-50-91-52-54-93-56-58-95-75-73(89)71(87)69(85)65(61-81)98-75/h11-14,17-20,63-65,68-75,80-81,84-89H,3-10,15-16,21-62H2,1-2H3,(H,77,82)(H,78,83)/b13-11-,14-12-,19-17-,20-18-/t63-,64?,65?,68+,69+,70-,71-,72?,73?,74-,75-/m0/s1. The Morgan fingerprint density at radius 3 is 1.20 bits per heavy atom. The smallest absolute Gasteiger partial charge is 0.220 e. The number of aliphatic hydroxyl groups excluding tert-OH is 8. The van der Waals surface area contributed by atoms with Crippen LogP contribution in [0.3, 0.4) is 0 Å². The van der Waals surface area contributed by atoms with Crippen LogP contribution in [0, 0.1) is 0 Å². The highest BCUT2D eigenvalue weighted by atomic mass is 16.7. The van der Waals surface area contributed by atoms with Gasteiger partial charge >= 0.3 is 0 Å². The zero-order valence-corrected chi connectivity index (χ0v) is 61.2. The van der Waals surface area contributed by atoms with Crippen LogP contribution in [0.1, 0.15) is 232 Å². The highest BCUT2D eigenvalue weighted by molar-refractivity contribution is 5.76. The number of allylic oxidation sites excluding steroid dienone is 8. The molecule has 0 aliphatic carbocycles. The third kappa shape index (κ3) is 44.5. The van der Waals surface area contributed by atoms with Crippen molar-refractivity contribution in [3.05, 3.63) is 48.6 Å². The molecule has 0 saturated carbocycles. The highest BCUT2D eigenvalue weighted by Gasteiger charge is 2.45. The minimum absolute atomic E-state index is 0.0235. The number of ether oxygens (including phenoxy) is 10. The van der Waals surface area contributed by atoms with Gasteiger partial charge in [-0.1, -0.05) is 152 Å². The Labute approximate surface area is 595 Å². The zero-order valence-electron chi connectivity index (χ0n) is 61.2. The van der Waals surface area contributed by atoms with Gasteiger partial charge < -0.3 is 104 Å². The van der Waals surface area contributed by atoms with Crippen molar-refractivity contribution in [1.82, 2.24) is 15.5 Å². The Bertz CT molecular complexity index is 1900. The predicted octanol–water partition coefficient (Wildman–Crippen LogP) is 8.86. The van der Waals surface area contributed by atoms with Crippen LogP contribution in [0.2, 0.25) is 0 Å². The van der Waals surface area contributed by atoms with Gasteiger partial charge in [-0.25, -0.2) is 0 Å². The molecule has 3 rings (SSSR count). The van der Waals surface area contributed by atoms with Gasteiger partial charge in [-0.05, 0) is 116 Å². The molecule has 0 radical (unpaired) electrons. The molecule has 3 aliphatic rings. The molecule has 3 fully saturated rings. The van der Waals surface area contributed by atoms with Crippen LogP contribution in [0.5, 0.6) is 0 Å². The third-order valence-electron chi connectivity index (χ3n) is 18.2. The maximum atomic E-state index is 12.8. The van der Waals surface area contributed by atoms with E-state index in [0.717, 1.165) is 110 Å². The quantitative estimate of drug-likeness (QED) is 0.0201. The Hall–Kier alpha value is -2.86. The van der Waals surface area contributed by atoms with Gasteiger partial charge in [0.15, 0.2) is 18.4 Å². The average molecular weight is 1410 g/mol. The van der Waals surface area contributed by atoms with Gasteiger partial charge in [-0.3, -0.25) is 9.59 Å². The normalized spacial score (nSPS) is 23.5. The van der Waals surface area contributed by atoms with Crippen LogP contribution in [0.15, 0.2) is 48.6 Å². The van der Waals surface area contributed by atoms with Crippen LogP contribution >= 0.6 is 0 Å². The number of carbonyl (C=O) groups excluding carboxylic acids is 2. The molecule has 3 aliphatic heterocycles. The van der Waals surface area contributed by atoms with Crippen LogP contribution in [-0.2, 0) is 57.0 Å². The summed E-state index contributed by atoms with van der Waals surface area (Å²) in [5.41, 5.74) is 0. The predicted molar refractivity (Wildman–Crippen MR) is 384 cm³/mol. The molecule has 0 bridgehead atoms. The number of rotatable bonds is 66. The molecule has 23 heteroatoms. The lowest BCUT2D eigenvalue weighted by Crippen LogP contribution is -2.59. The largest absolute Gasteiger partial charge is 0.394 e. The first-order valence-electron chi connectivity index (χ1n) is 38.7. The minimum atomic E-state index is -1.51. The number of carbonyl (C=O) groups is 2. The summed E-state index contributed by atoms with van der Waals surface area (Å²) in [6.45, 7) is 9.44. The molecule has 10 N–H and O–H groups in total. The molecule has 0 spiro atoms. The van der Waals surface area contributed by atoms with E-state index in [4.69, 9.17) is 47.4 Å². The second-order valence-corrected chi connectivity index (χ2v) is 26.8. The summed E-state index contributed by atoms with van der Waals surface area (Å²) >= 11 is 0. The van der Waals surface area contributed by atoms with Crippen molar-refractivity contribution >= 4 is 11.8 Å². The molecule has 0 aromatic rings. The van der Waals surface area contributed by atoms with Gasteiger partial charge in [-0.2, -0.15) is 0 Å². The molecule has 99 heavy (non-hydrogen) atoms. The lowest BCUT2D eigenvalue weighted by atomic mass is 9.98. The van der Waals surface area contributed by atoms with E-state index in [1.165, 1.54) is 116 Å². The first-order valence-corrected chi connectivity index (χ1v) is 38.7. The van der Waals surface area contributed by atoms with E-state index in [0.29, 0.717) is 59.0 Å². The number of aliphatic hydroxyl groups is 8. The van der Waals surface area contributed by atoms with Gasteiger partial charge in [0.2, 0.25) is 11.8 Å². The monoisotopic (exact) mass is 1410 g/mol. The molecule has 0 aromatic heterocycles. The van der Waals surface area contributed by atoms with Crippen LogP contribution < -0.4 is 10.6 Å². The van der Waals surface area contributed by atoms with Gasteiger partial charge in [0.05, 0.1) is 92.0 Å². The second-order valence-electron chi connectivity index (χ2n) is 26.8. The van der Waals surface area contributed by atoms with E-state index in [9.17, 15) is 50.4 Å². The van der Waals surface area contributed by atoms with E-state index in [2.05, 4.69) is 78.0 Å². The van der Waals surface area contributed by atoms with Gasteiger partial charge in [0, 0.05) is 45.3 Å². The van der Waals surface area contributed by atoms with Crippen molar-refractivity contribution in [2.75, 3.05) is 119 Å². The summed E-state index contributed by atoms with van der Waals surface area (Å²) in [6.07, 6.45) is 41.9. The molecule has 578 valence electrons. The minimum Gasteiger partial charge on any atom is -0.394 e. The lowest BCUT2D eigenvalue weighted by molar-refractivity contribution is -0.302. The van der Waals surface area contributed by atoms with E-state index < -0.39 is 80.4 Å². The fourth-order valence-electron chi connectivity index (χ4n) is 12.2. The van der Waals surface area contributed by atoms with Gasteiger partial charge in [0.1, 0.15) is 48.8 Å². The van der Waals surface area contributed by atoms with Crippen molar-refractivity contribution in [3.63, 3.8) is 0 Å². The Balaban J connectivity index is 1.44. The maximum absolute atomic E-state index is 12.8. The average Bonchev–Trinajstić information content (AvgIpc) is 1.41. The lowest BCUT2D eigenvalue weighted by Gasteiger charge is -2.39. The van der Waals surface area contributed by atoms with Crippen LogP contribution in [-0.4, -0.2) is 249 Å². The summed E-state index contributed by atoms with van der Waals surface area (Å²) in [5.74, 6) is -0.607. The summed E-state index contributed by atoms with van der Waals surface area (Å²) in [6, 6.07) is 0. The molecular weight excluding hydrogens is 1270 g/mol. The first kappa shape index (κ1) is 90.4. The summed E-state index contributed by atoms with van der Waals surface area (Å²) in [4.78, 5) is 28.1. The Morgan fingerprint density at radius 1 is 0.434 bits per heavy atom. The molecular formula is C76H139N3O20. The molecule has 4 unspecified atom stereocenters. The number of unbranched alkanes of at least 4 members (excludes halogenated alkanes) is 22. The van der Waals surface area contributed by atoms with E-state index >= 15 is 0 Å². The molecule has 2 amide bonds. The van der Waals surface area contributed by atoms with E-state index in [1.807, 2.05) is 0 Å². The number of hydrogen-bond acceptors (Lipinski definition) is 21. The van der Waals surface area contributed by atoms with Crippen molar-refractivity contribution in [2.24, 2.45) is 0 Å². The summed E-state index contributed by atoms with van der Waals surface area (Å²) in [5, 5.41) is 84.7. The number of nitrogens with zero attached hydrogens (tertiary/aromatic N) is 1. The van der Waals surface area contributed by atoms with E-state index in [-0.39, 0.29) is 57.6 Å². The Kier molecular flexibility index (Phi) is 56.1. The molecule has 0 aromatic carbocycles. The third-order valence-corrected chi connectivity index (χ3v) is 18.2. The van der Waals surface area contributed by atoms with Gasteiger partial charge in [0.25, 0.3) is 0 Å². The topological polar surface area (TPSA) is 316 Å². The summed E-state index contributed by atoms with van der Waals surface area (Å²) < 4.78 is 57.7. The fourth-order valence-corrected chi connectivity index (χ4v) is 12.2. The number of hydrogen-bond donors (Lipinski definition) is 10. The van der Waals surface area contributed by atoms with Crippen molar-refractivity contribution < 1.29 is 97.8 Å². The van der Waals surface area contributed by atoms with Crippen molar-refractivity contribution in [3.8, 4) is 0 Å². The fraction of sp³-hybridized carbons (Fsp3) is 0.868. The van der Waals surface area contributed by atoms with Crippen LogP contribution in [0.4, 0.5) is 0 Å². The molecule has 11 atom stereocenters. The van der Waals surface area contributed by atoms with Gasteiger partial charge in [-0.15, -0.1) is 0 Å². The number of nitrogens with one attached hydrogen (secondary N) is 2. The summed E-state index contributed by atoms with van der Waals surface area (Å²) in [7, 11) is 0.